The quantitative estimate of drug-likeness (QED) is 0.537. The molecule has 0 amide bonds. The van der Waals surface area contributed by atoms with Gasteiger partial charge in [-0.1, -0.05) is 41.4 Å². The van der Waals surface area contributed by atoms with E-state index < -0.39 is 0 Å². The molecule has 0 fully saturated rings. The first-order valence-corrected chi connectivity index (χ1v) is 9.84. The van der Waals surface area contributed by atoms with Gasteiger partial charge in [-0.3, -0.25) is 0 Å². The molecule has 0 aliphatic rings. The van der Waals surface area contributed by atoms with Crippen LogP contribution in [-0.4, -0.2) is 22.6 Å². The maximum absolute atomic E-state index is 6.14. The lowest BCUT2D eigenvalue weighted by Gasteiger charge is -2.21. The molecule has 0 saturated carbocycles. The van der Waals surface area contributed by atoms with Crippen molar-refractivity contribution in [2.45, 2.75) is 20.4 Å². The van der Waals surface area contributed by atoms with Crippen LogP contribution in [0.3, 0.4) is 0 Å². The van der Waals surface area contributed by atoms with Crippen molar-refractivity contribution in [1.29, 1.82) is 0 Å². The lowest BCUT2D eigenvalue weighted by Crippen LogP contribution is -2.21. The van der Waals surface area contributed by atoms with Crippen LogP contribution in [0.25, 0.3) is 11.3 Å². The van der Waals surface area contributed by atoms with Crippen molar-refractivity contribution in [2.24, 2.45) is 7.05 Å². The molecule has 0 saturated heterocycles. The molecule has 1 N–H and O–H groups in total. The van der Waals surface area contributed by atoms with Crippen LogP contribution in [0.4, 0.5) is 11.6 Å². The molecule has 1 aromatic heterocycles. The van der Waals surface area contributed by atoms with Crippen molar-refractivity contribution in [1.82, 2.24) is 9.55 Å². The van der Waals surface area contributed by atoms with E-state index in [-0.39, 0.29) is 0 Å². The van der Waals surface area contributed by atoms with Gasteiger partial charge in [0.05, 0.1) is 21.9 Å². The number of hydrogen-bond acceptors (Lipinski definition) is 3. The first-order valence-electron chi connectivity index (χ1n) is 9.08. The van der Waals surface area contributed by atoms with E-state index in [2.05, 4.69) is 53.3 Å². The average Bonchev–Trinajstić information content (AvgIpc) is 3.05. The Hall–Kier alpha value is -2.17. The lowest BCUT2D eigenvalue weighted by atomic mass is 10.2. The first kappa shape index (κ1) is 19.6. The van der Waals surface area contributed by atoms with Crippen molar-refractivity contribution in [2.75, 3.05) is 23.3 Å². The molecule has 4 nitrogen and oxygen atoms in total. The fraction of sp³-hybridized carbons (Fsp3) is 0.286. The molecular formula is C21H24Cl2N4. The number of benzene rings is 2. The summed E-state index contributed by atoms with van der Waals surface area (Å²) in [6, 6.07) is 14.3. The number of hydrogen-bond donors (Lipinski definition) is 1. The zero-order valence-electron chi connectivity index (χ0n) is 15.8. The molecule has 0 spiro atoms. The van der Waals surface area contributed by atoms with Crippen molar-refractivity contribution >= 4 is 34.8 Å². The number of nitrogens with one attached hydrogen (secondary N) is 1. The summed E-state index contributed by atoms with van der Waals surface area (Å²) in [7, 11) is 1.98. The van der Waals surface area contributed by atoms with Gasteiger partial charge in [-0.15, -0.1) is 0 Å². The summed E-state index contributed by atoms with van der Waals surface area (Å²) < 4.78 is 2.02. The van der Waals surface area contributed by atoms with Gasteiger partial charge in [-0.05, 0) is 43.7 Å². The van der Waals surface area contributed by atoms with Crippen LogP contribution >= 0.6 is 23.2 Å². The normalized spacial score (nSPS) is 10.9. The Morgan fingerprint density at radius 2 is 1.70 bits per heavy atom. The Morgan fingerprint density at radius 3 is 2.33 bits per heavy atom. The highest BCUT2D eigenvalue weighted by Crippen LogP contribution is 2.29. The molecule has 0 aliphatic carbocycles. The Balaban J connectivity index is 1.70. The monoisotopic (exact) mass is 402 g/mol. The SMILES string of the molecule is CCN(CC)c1ccc(CNc2ncc(-c3ccc(Cl)c(Cl)c3)n2C)cc1. The van der Waals surface area contributed by atoms with Crippen LogP contribution in [0.1, 0.15) is 19.4 Å². The maximum atomic E-state index is 6.14. The molecule has 6 heteroatoms. The minimum atomic E-state index is 0.540. The van der Waals surface area contributed by atoms with Gasteiger partial charge in [0.1, 0.15) is 0 Å². The Morgan fingerprint density at radius 1 is 1.00 bits per heavy atom. The summed E-state index contributed by atoms with van der Waals surface area (Å²) in [4.78, 5) is 6.83. The zero-order chi connectivity index (χ0) is 19.4. The lowest BCUT2D eigenvalue weighted by molar-refractivity contribution is 0.865. The zero-order valence-corrected chi connectivity index (χ0v) is 17.3. The number of aromatic nitrogens is 2. The van der Waals surface area contributed by atoms with Gasteiger partial charge in [0.25, 0.3) is 0 Å². The molecule has 2 aromatic carbocycles. The van der Waals surface area contributed by atoms with Crippen molar-refractivity contribution in [3.63, 3.8) is 0 Å². The highest BCUT2D eigenvalue weighted by Gasteiger charge is 2.10. The van der Waals surface area contributed by atoms with Gasteiger partial charge in [-0.25, -0.2) is 4.98 Å². The second-order valence-corrected chi connectivity index (χ2v) is 7.16. The minimum absolute atomic E-state index is 0.540. The smallest absolute Gasteiger partial charge is 0.203 e. The van der Waals surface area contributed by atoms with Crippen LogP contribution in [-0.2, 0) is 13.6 Å². The van der Waals surface area contributed by atoms with E-state index in [0.29, 0.717) is 16.6 Å². The number of rotatable bonds is 7. The molecule has 3 rings (SSSR count). The van der Waals surface area contributed by atoms with Gasteiger partial charge in [0.2, 0.25) is 5.95 Å². The van der Waals surface area contributed by atoms with Crippen LogP contribution in [0, 0.1) is 0 Å². The van der Waals surface area contributed by atoms with E-state index >= 15 is 0 Å². The molecule has 0 bridgehead atoms. The molecule has 1 heterocycles. The van der Waals surface area contributed by atoms with Gasteiger partial charge >= 0.3 is 0 Å². The summed E-state index contributed by atoms with van der Waals surface area (Å²) in [5.74, 6) is 0.809. The molecule has 27 heavy (non-hydrogen) atoms. The van der Waals surface area contributed by atoms with Crippen molar-refractivity contribution in [3.8, 4) is 11.3 Å². The molecule has 3 aromatic rings. The summed E-state index contributed by atoms with van der Waals surface area (Å²) >= 11 is 12.1. The van der Waals surface area contributed by atoms with Gasteiger partial charge in [0.15, 0.2) is 0 Å². The fourth-order valence-electron chi connectivity index (χ4n) is 3.09. The van der Waals surface area contributed by atoms with Gasteiger partial charge in [0, 0.05) is 37.9 Å². The van der Waals surface area contributed by atoms with Crippen LogP contribution in [0.15, 0.2) is 48.7 Å². The van der Waals surface area contributed by atoms with Crippen LogP contribution in [0.5, 0.6) is 0 Å². The molecule has 0 aliphatic heterocycles. The summed E-state index contributed by atoms with van der Waals surface area (Å²) in [6.07, 6.45) is 1.84. The van der Waals surface area contributed by atoms with E-state index in [0.717, 1.165) is 30.3 Å². The third-order valence-corrected chi connectivity index (χ3v) is 5.46. The third kappa shape index (κ3) is 4.40. The van der Waals surface area contributed by atoms with Gasteiger partial charge < -0.3 is 14.8 Å². The molecule has 0 atom stereocenters. The maximum Gasteiger partial charge on any atom is 0.203 e. The van der Waals surface area contributed by atoms with E-state index in [1.807, 2.05) is 29.9 Å². The average molecular weight is 403 g/mol. The van der Waals surface area contributed by atoms with E-state index in [1.54, 1.807) is 6.07 Å². The largest absolute Gasteiger partial charge is 0.372 e. The summed E-state index contributed by atoms with van der Waals surface area (Å²) in [6.45, 7) is 7.08. The highest BCUT2D eigenvalue weighted by molar-refractivity contribution is 6.42. The predicted octanol–water partition coefficient (Wildman–Crippen LogP) is 5.85. The second kappa shape index (κ2) is 8.68. The Kier molecular flexibility index (Phi) is 6.30. The third-order valence-electron chi connectivity index (χ3n) is 4.72. The molecular weight excluding hydrogens is 379 g/mol. The van der Waals surface area contributed by atoms with E-state index in [1.165, 1.54) is 11.3 Å². The topological polar surface area (TPSA) is 33.1 Å². The van der Waals surface area contributed by atoms with Crippen LogP contribution in [0.2, 0.25) is 10.0 Å². The minimum Gasteiger partial charge on any atom is -0.372 e. The Bertz CT molecular complexity index is 899. The Labute approximate surface area is 170 Å². The fourth-order valence-corrected chi connectivity index (χ4v) is 3.39. The number of halogens is 2. The number of anilines is 2. The van der Waals surface area contributed by atoms with Crippen molar-refractivity contribution < 1.29 is 0 Å². The van der Waals surface area contributed by atoms with Crippen LogP contribution < -0.4 is 10.2 Å². The highest BCUT2D eigenvalue weighted by atomic mass is 35.5. The summed E-state index contributed by atoms with van der Waals surface area (Å²) in [5.41, 5.74) is 4.43. The number of imidazole rings is 1. The second-order valence-electron chi connectivity index (χ2n) is 6.35. The molecule has 142 valence electrons. The first-order chi connectivity index (χ1) is 13.0. The van der Waals surface area contributed by atoms with E-state index in [4.69, 9.17) is 23.2 Å². The van der Waals surface area contributed by atoms with Gasteiger partial charge in [-0.2, -0.15) is 0 Å². The molecule has 0 unspecified atom stereocenters. The predicted molar refractivity (Wildman–Crippen MR) is 116 cm³/mol. The summed E-state index contributed by atoms with van der Waals surface area (Å²) in [5, 5.41) is 4.49. The standard InChI is InChI=1S/C21H24Cl2N4/c1-4-27(5-2)17-9-6-15(7-10-17)13-24-21-25-14-20(26(21)3)16-8-11-18(22)19(23)12-16/h6-12,14H,4-5,13H2,1-3H3,(H,24,25). The number of nitrogens with zero attached hydrogens (tertiary/aromatic N) is 3. The molecule has 0 radical (unpaired) electrons. The van der Waals surface area contributed by atoms with E-state index in [9.17, 15) is 0 Å². The van der Waals surface area contributed by atoms with Crippen molar-refractivity contribution in [3.05, 3.63) is 64.3 Å².